The number of halogens is 1. The Morgan fingerprint density at radius 2 is 1.57 bits per heavy atom. The van der Waals surface area contributed by atoms with Crippen molar-refractivity contribution in [3.8, 4) is 17.2 Å². The third kappa shape index (κ3) is 7.12. The Bertz CT molecular complexity index is 1770. The monoisotopic (exact) mass is 641 g/mol. The summed E-state index contributed by atoms with van der Waals surface area (Å²) in [6.45, 7) is 1.52. The molecule has 0 bridgehead atoms. The van der Waals surface area contributed by atoms with E-state index in [9.17, 15) is 23.9 Å². The molecule has 12 heteroatoms. The Morgan fingerprint density at radius 3 is 2.17 bits per heavy atom. The van der Waals surface area contributed by atoms with E-state index < -0.39 is 23.0 Å². The average molecular weight is 642 g/mol. The molecule has 4 aromatic rings. The van der Waals surface area contributed by atoms with Gasteiger partial charge >= 0.3 is 0 Å². The molecule has 11 nitrogen and oxygen atoms in total. The highest BCUT2D eigenvalue weighted by Gasteiger charge is 2.56. The van der Waals surface area contributed by atoms with Crippen LogP contribution in [0.1, 0.15) is 25.7 Å². The predicted molar refractivity (Wildman–Crippen MR) is 175 cm³/mol. The van der Waals surface area contributed by atoms with Gasteiger partial charge in [-0.05, 0) is 98.3 Å². The van der Waals surface area contributed by atoms with E-state index in [1.807, 2.05) is 11.0 Å². The van der Waals surface area contributed by atoms with Crippen molar-refractivity contribution >= 4 is 45.7 Å². The Kier molecular flexibility index (Phi) is 9.21. The van der Waals surface area contributed by atoms with E-state index in [1.165, 1.54) is 24.3 Å². The lowest BCUT2D eigenvalue weighted by atomic mass is 9.98. The molecule has 2 aliphatic rings. The fraction of sp³-hybridized carbons (Fsp3) is 0.314. The molecule has 1 aromatic heterocycles. The van der Waals surface area contributed by atoms with Crippen LogP contribution in [0.3, 0.4) is 0 Å². The number of pyridine rings is 1. The fourth-order valence-corrected chi connectivity index (χ4v) is 5.64. The number of amides is 3. The molecule has 244 valence electrons. The molecule has 3 amide bonds. The molecule has 1 aliphatic carbocycles. The van der Waals surface area contributed by atoms with Gasteiger partial charge in [0.1, 0.15) is 28.5 Å². The number of aromatic nitrogens is 1. The van der Waals surface area contributed by atoms with Crippen LogP contribution in [0.2, 0.25) is 0 Å². The first-order valence-corrected chi connectivity index (χ1v) is 15.5. The SMILES string of the molecule is COc1cc2c(Oc3ccc(NC(=O)C4(C(=O)Nc5ccc(F)cc5)CC4)cc3)ccnc2cc1NCC(=O)N1CCC(CO)CC1. The van der Waals surface area contributed by atoms with E-state index in [2.05, 4.69) is 20.9 Å². The number of hydrogen-bond acceptors (Lipinski definition) is 8. The quantitative estimate of drug-likeness (QED) is 0.164. The number of nitrogens with zero attached hydrogens (tertiary/aromatic N) is 2. The number of ether oxygens (including phenoxy) is 2. The van der Waals surface area contributed by atoms with Gasteiger partial charge in [-0.25, -0.2) is 4.39 Å². The Balaban J connectivity index is 1.09. The topological polar surface area (TPSA) is 142 Å². The lowest BCUT2D eigenvalue weighted by Crippen LogP contribution is -2.41. The Morgan fingerprint density at radius 1 is 0.936 bits per heavy atom. The Hall–Kier alpha value is -5.23. The molecular weight excluding hydrogens is 605 g/mol. The summed E-state index contributed by atoms with van der Waals surface area (Å²) in [5.41, 5.74) is 1.03. The number of aliphatic hydroxyl groups excluding tert-OH is 1. The highest BCUT2D eigenvalue weighted by atomic mass is 19.1. The second kappa shape index (κ2) is 13.6. The number of carbonyl (C=O) groups is 3. The van der Waals surface area contributed by atoms with Crippen LogP contribution in [0.25, 0.3) is 10.9 Å². The summed E-state index contributed by atoms with van der Waals surface area (Å²) < 4.78 is 25.0. The molecule has 2 heterocycles. The highest BCUT2D eigenvalue weighted by Crippen LogP contribution is 2.47. The van der Waals surface area contributed by atoms with Crippen LogP contribution in [0, 0.1) is 17.2 Å². The number of rotatable bonds is 11. The van der Waals surface area contributed by atoms with Crippen LogP contribution in [-0.4, -0.2) is 66.1 Å². The van der Waals surface area contributed by atoms with Gasteiger partial charge in [-0.2, -0.15) is 0 Å². The Labute approximate surface area is 271 Å². The smallest absolute Gasteiger partial charge is 0.241 e. The first-order valence-electron chi connectivity index (χ1n) is 15.5. The van der Waals surface area contributed by atoms with E-state index in [0.29, 0.717) is 71.1 Å². The van der Waals surface area contributed by atoms with E-state index in [1.54, 1.807) is 49.7 Å². The van der Waals surface area contributed by atoms with Gasteiger partial charge in [-0.15, -0.1) is 0 Å². The van der Waals surface area contributed by atoms with E-state index >= 15 is 0 Å². The van der Waals surface area contributed by atoms with Crippen molar-refractivity contribution in [2.45, 2.75) is 25.7 Å². The van der Waals surface area contributed by atoms with Gasteiger partial charge in [0.2, 0.25) is 17.7 Å². The number of piperidine rings is 1. The fourth-order valence-electron chi connectivity index (χ4n) is 5.64. The van der Waals surface area contributed by atoms with E-state index in [4.69, 9.17) is 9.47 Å². The molecule has 4 N–H and O–H groups in total. The largest absolute Gasteiger partial charge is 0.495 e. The molecule has 47 heavy (non-hydrogen) atoms. The molecule has 0 atom stereocenters. The predicted octanol–water partition coefficient (Wildman–Crippen LogP) is 5.18. The lowest BCUT2D eigenvalue weighted by molar-refractivity contribution is -0.132. The maximum Gasteiger partial charge on any atom is 0.241 e. The van der Waals surface area contributed by atoms with Crippen molar-refractivity contribution in [3.63, 3.8) is 0 Å². The summed E-state index contributed by atoms with van der Waals surface area (Å²) in [5, 5.41) is 18.8. The summed E-state index contributed by atoms with van der Waals surface area (Å²) in [4.78, 5) is 45.0. The molecule has 6 rings (SSSR count). The molecule has 0 spiro atoms. The standard InChI is InChI=1S/C35H36FN5O6/c1-46-31-18-27-28(19-29(31)38-20-32(43)41-16-11-22(21-42)12-17-41)37-15-10-30(27)47-26-8-6-25(7-9-26)40-34(45)35(13-14-35)33(44)39-24-4-2-23(36)3-5-24/h2-10,15,18-19,22,38,42H,11-14,16-17,20-21H2,1H3,(H,39,44)(H,40,45). The van der Waals surface area contributed by atoms with Crippen molar-refractivity contribution in [3.05, 3.63) is 78.7 Å². The zero-order chi connectivity index (χ0) is 33.0. The zero-order valence-corrected chi connectivity index (χ0v) is 25.9. The van der Waals surface area contributed by atoms with Crippen molar-refractivity contribution in [1.82, 2.24) is 9.88 Å². The van der Waals surface area contributed by atoms with Crippen LogP contribution in [0.15, 0.2) is 72.9 Å². The first kappa shape index (κ1) is 31.7. The van der Waals surface area contributed by atoms with Crippen molar-refractivity contribution in [2.24, 2.45) is 11.3 Å². The highest BCUT2D eigenvalue weighted by molar-refractivity contribution is 6.16. The number of fused-ring (bicyclic) bond motifs is 1. The molecule has 1 saturated heterocycles. The van der Waals surface area contributed by atoms with Gasteiger partial charge in [0.05, 0.1) is 24.9 Å². The number of aliphatic hydroxyl groups is 1. The minimum Gasteiger partial charge on any atom is -0.495 e. The second-order valence-electron chi connectivity index (χ2n) is 11.9. The maximum atomic E-state index is 13.2. The van der Waals surface area contributed by atoms with Crippen LogP contribution >= 0.6 is 0 Å². The van der Waals surface area contributed by atoms with Gasteiger partial charge in [0.25, 0.3) is 0 Å². The number of benzene rings is 3. The number of nitrogens with one attached hydrogen (secondary N) is 3. The van der Waals surface area contributed by atoms with Crippen LogP contribution in [0.4, 0.5) is 21.5 Å². The van der Waals surface area contributed by atoms with Crippen molar-refractivity contribution in [2.75, 3.05) is 49.3 Å². The third-order valence-electron chi connectivity index (χ3n) is 8.74. The van der Waals surface area contributed by atoms with Gasteiger partial charge < -0.3 is 35.4 Å². The van der Waals surface area contributed by atoms with Gasteiger partial charge in [0, 0.05) is 42.7 Å². The zero-order valence-electron chi connectivity index (χ0n) is 25.9. The molecule has 3 aromatic carbocycles. The minimum atomic E-state index is -1.17. The molecule has 0 unspecified atom stereocenters. The van der Waals surface area contributed by atoms with Crippen molar-refractivity contribution < 1.29 is 33.4 Å². The third-order valence-corrected chi connectivity index (χ3v) is 8.74. The maximum absolute atomic E-state index is 13.2. The van der Waals surface area contributed by atoms with Crippen molar-refractivity contribution in [1.29, 1.82) is 0 Å². The molecule has 2 fully saturated rings. The molecule has 1 aliphatic heterocycles. The van der Waals surface area contributed by atoms with Gasteiger partial charge in [-0.1, -0.05) is 0 Å². The summed E-state index contributed by atoms with van der Waals surface area (Å²) in [6, 6.07) is 17.5. The molecular formula is C35H36FN5O6. The number of methoxy groups -OCH3 is 1. The van der Waals surface area contributed by atoms with Crippen LogP contribution in [-0.2, 0) is 14.4 Å². The van der Waals surface area contributed by atoms with Crippen LogP contribution in [0.5, 0.6) is 17.2 Å². The number of likely N-dealkylation sites (tertiary alicyclic amines) is 1. The van der Waals surface area contributed by atoms with E-state index in [-0.39, 0.29) is 25.0 Å². The number of carbonyl (C=O) groups excluding carboxylic acids is 3. The number of hydrogen-bond donors (Lipinski definition) is 4. The molecule has 0 radical (unpaired) electrons. The lowest BCUT2D eigenvalue weighted by Gasteiger charge is -2.31. The molecule has 1 saturated carbocycles. The summed E-state index contributed by atoms with van der Waals surface area (Å²) in [5.74, 6) is 0.567. The van der Waals surface area contributed by atoms with Crippen LogP contribution < -0.4 is 25.4 Å². The second-order valence-corrected chi connectivity index (χ2v) is 11.9. The summed E-state index contributed by atoms with van der Waals surface area (Å²) in [6.07, 6.45) is 4.06. The first-order chi connectivity index (χ1) is 22.8. The average Bonchev–Trinajstić information content (AvgIpc) is 3.91. The van der Waals surface area contributed by atoms with Gasteiger partial charge in [-0.3, -0.25) is 19.4 Å². The normalized spacial score (nSPS) is 15.5. The minimum absolute atomic E-state index is 0.0196. The van der Waals surface area contributed by atoms with E-state index in [0.717, 1.165) is 12.8 Å². The number of anilines is 3. The summed E-state index contributed by atoms with van der Waals surface area (Å²) in [7, 11) is 1.55. The summed E-state index contributed by atoms with van der Waals surface area (Å²) >= 11 is 0. The van der Waals surface area contributed by atoms with Gasteiger partial charge in [0.15, 0.2) is 0 Å².